The number of nitrogens with zero attached hydrogens (tertiary/aromatic N) is 4. The van der Waals surface area contributed by atoms with Crippen LogP contribution in [0.5, 0.6) is 5.75 Å². The molecule has 4 rings (SSSR count). The summed E-state index contributed by atoms with van der Waals surface area (Å²) in [6.45, 7) is 2.75. The summed E-state index contributed by atoms with van der Waals surface area (Å²) in [5.41, 5.74) is 1.91. The van der Waals surface area contributed by atoms with Gasteiger partial charge in [-0.3, -0.25) is 13.9 Å². The van der Waals surface area contributed by atoms with Gasteiger partial charge in [-0.2, -0.15) is 4.98 Å². The number of aromatic nitrogens is 4. The van der Waals surface area contributed by atoms with Gasteiger partial charge in [-0.15, -0.1) is 0 Å². The Bertz CT molecular complexity index is 1420. The van der Waals surface area contributed by atoms with Gasteiger partial charge < -0.3 is 19.7 Å². The highest BCUT2D eigenvalue weighted by atomic mass is 16.5. The first kappa shape index (κ1) is 24.3. The maximum atomic E-state index is 13.0. The summed E-state index contributed by atoms with van der Waals surface area (Å²) in [4.78, 5) is 30.0. The van der Waals surface area contributed by atoms with Gasteiger partial charge in [0.1, 0.15) is 18.5 Å². The van der Waals surface area contributed by atoms with Crippen LogP contribution >= 0.6 is 0 Å². The molecule has 35 heavy (non-hydrogen) atoms. The van der Waals surface area contributed by atoms with Crippen LogP contribution in [0.2, 0.25) is 0 Å². The fraction of sp³-hybridized carbons (Fsp3) is 0.346. The lowest BCUT2D eigenvalue weighted by atomic mass is 10.1. The zero-order chi connectivity index (χ0) is 24.9. The van der Waals surface area contributed by atoms with E-state index in [1.54, 1.807) is 11.6 Å². The summed E-state index contributed by atoms with van der Waals surface area (Å²) in [6.07, 6.45) is 0.732. The van der Waals surface area contributed by atoms with E-state index >= 15 is 0 Å². The maximum Gasteiger partial charge on any atom is 0.332 e. The van der Waals surface area contributed by atoms with Gasteiger partial charge in [0, 0.05) is 20.6 Å². The Hall–Kier alpha value is -3.85. The van der Waals surface area contributed by atoms with E-state index in [-0.39, 0.29) is 24.3 Å². The Morgan fingerprint density at radius 2 is 1.77 bits per heavy atom. The lowest BCUT2D eigenvalue weighted by Crippen LogP contribution is -2.38. The fourth-order valence-corrected chi connectivity index (χ4v) is 4.03. The number of rotatable bonds is 10. The molecule has 184 valence electrons. The summed E-state index contributed by atoms with van der Waals surface area (Å²) in [5, 5.41) is 14.1. The third-order valence-electron chi connectivity index (χ3n) is 6.03. The zero-order valence-electron chi connectivity index (χ0n) is 20.3. The zero-order valence-corrected chi connectivity index (χ0v) is 20.3. The summed E-state index contributed by atoms with van der Waals surface area (Å²) in [7, 11) is 3.01. The highest BCUT2D eigenvalue weighted by molar-refractivity contribution is 5.74. The molecule has 2 N–H and O–H groups in total. The molecule has 0 aliphatic heterocycles. The number of benzene rings is 2. The summed E-state index contributed by atoms with van der Waals surface area (Å²) >= 11 is 0. The first-order chi connectivity index (χ1) is 16.9. The highest BCUT2D eigenvalue weighted by Gasteiger charge is 2.21. The predicted molar refractivity (Wildman–Crippen MR) is 136 cm³/mol. The molecule has 2 aromatic heterocycles. The van der Waals surface area contributed by atoms with Gasteiger partial charge in [-0.05, 0) is 36.1 Å². The van der Waals surface area contributed by atoms with E-state index in [9.17, 15) is 14.7 Å². The van der Waals surface area contributed by atoms with E-state index in [4.69, 9.17) is 4.74 Å². The van der Waals surface area contributed by atoms with Crippen molar-refractivity contribution >= 4 is 17.1 Å². The predicted octanol–water partition coefficient (Wildman–Crippen LogP) is 2.09. The summed E-state index contributed by atoms with van der Waals surface area (Å²) in [5.74, 6) is 1.10. The molecule has 4 aromatic rings. The van der Waals surface area contributed by atoms with Crippen LogP contribution in [-0.2, 0) is 33.5 Å². The number of aryl methyl sites for hydroxylation is 2. The topological polar surface area (TPSA) is 103 Å². The normalized spacial score (nSPS) is 12.1. The molecule has 9 nitrogen and oxygen atoms in total. The van der Waals surface area contributed by atoms with E-state index in [0.29, 0.717) is 18.2 Å². The number of hydrogen-bond acceptors (Lipinski definition) is 6. The second-order valence-electron chi connectivity index (χ2n) is 8.55. The van der Waals surface area contributed by atoms with Gasteiger partial charge in [0.2, 0.25) is 5.95 Å². The molecule has 9 heteroatoms. The molecule has 0 amide bonds. The average Bonchev–Trinajstić information content (AvgIpc) is 3.23. The van der Waals surface area contributed by atoms with E-state index in [2.05, 4.69) is 17.2 Å². The number of ether oxygens (including phenoxy) is 1. The lowest BCUT2D eigenvalue weighted by molar-refractivity contribution is 0.0938. The largest absolute Gasteiger partial charge is 0.491 e. The maximum absolute atomic E-state index is 13.0. The Morgan fingerprint density at radius 1 is 1.03 bits per heavy atom. The molecule has 1 atom stereocenters. The van der Waals surface area contributed by atoms with Crippen molar-refractivity contribution in [3.63, 3.8) is 0 Å². The number of imidazole rings is 1. The quantitative estimate of drug-likeness (QED) is 0.363. The first-order valence-electron chi connectivity index (χ1n) is 11.7. The van der Waals surface area contributed by atoms with Gasteiger partial charge in [0.15, 0.2) is 11.2 Å². The number of aliphatic hydroxyl groups excluding tert-OH is 1. The van der Waals surface area contributed by atoms with E-state index in [1.165, 1.54) is 11.6 Å². The van der Waals surface area contributed by atoms with Crippen molar-refractivity contribution in [2.75, 3.05) is 18.5 Å². The monoisotopic (exact) mass is 477 g/mol. The van der Waals surface area contributed by atoms with Gasteiger partial charge in [0.05, 0.1) is 6.54 Å². The van der Waals surface area contributed by atoms with Crippen molar-refractivity contribution in [3.05, 3.63) is 86.6 Å². The summed E-state index contributed by atoms with van der Waals surface area (Å²) < 4.78 is 9.83. The van der Waals surface area contributed by atoms with Crippen LogP contribution in [0, 0.1) is 0 Å². The molecule has 0 aliphatic carbocycles. The molecule has 1 unspecified atom stereocenters. The minimum absolute atomic E-state index is 0.0440. The van der Waals surface area contributed by atoms with Crippen LogP contribution in [-0.4, -0.2) is 43.0 Å². The van der Waals surface area contributed by atoms with Crippen molar-refractivity contribution in [3.8, 4) is 5.75 Å². The second kappa shape index (κ2) is 10.6. The van der Waals surface area contributed by atoms with Crippen LogP contribution < -0.4 is 21.3 Å². The first-order valence-corrected chi connectivity index (χ1v) is 11.7. The SMILES string of the molecule is CCc1cccc(OCC(O)Cn2c(NCCc3ccccc3)nc3c2c(=O)n(C)c(=O)n3C)c1. The molecular weight excluding hydrogens is 446 g/mol. The third kappa shape index (κ3) is 5.30. The molecule has 0 bridgehead atoms. The molecule has 0 spiro atoms. The minimum atomic E-state index is -0.908. The van der Waals surface area contributed by atoms with Gasteiger partial charge in [-0.25, -0.2) is 4.79 Å². The van der Waals surface area contributed by atoms with Crippen molar-refractivity contribution in [1.29, 1.82) is 0 Å². The Morgan fingerprint density at radius 3 is 2.51 bits per heavy atom. The van der Waals surface area contributed by atoms with Crippen LogP contribution in [0.1, 0.15) is 18.1 Å². The highest BCUT2D eigenvalue weighted by Crippen LogP contribution is 2.18. The fourth-order valence-electron chi connectivity index (χ4n) is 4.03. The molecule has 0 saturated carbocycles. The van der Waals surface area contributed by atoms with Gasteiger partial charge in [-0.1, -0.05) is 49.4 Å². The standard InChI is InChI=1S/C26H31N5O4/c1-4-18-11-8-12-21(15-18)35-17-20(32)16-31-22-23(29(2)26(34)30(3)24(22)33)28-25(31)27-14-13-19-9-6-5-7-10-19/h5-12,15,20,32H,4,13-14,16-17H2,1-3H3,(H,27,28). The number of hydrogen-bond donors (Lipinski definition) is 2. The van der Waals surface area contributed by atoms with Gasteiger partial charge in [0.25, 0.3) is 5.56 Å². The number of fused-ring (bicyclic) bond motifs is 1. The average molecular weight is 478 g/mol. The van der Waals surface area contributed by atoms with Crippen LogP contribution in [0.3, 0.4) is 0 Å². The van der Waals surface area contributed by atoms with Crippen molar-refractivity contribution in [2.24, 2.45) is 14.1 Å². The summed E-state index contributed by atoms with van der Waals surface area (Å²) in [6, 6.07) is 17.7. The molecule has 2 heterocycles. The van der Waals surface area contributed by atoms with Gasteiger partial charge >= 0.3 is 5.69 Å². The van der Waals surface area contributed by atoms with Crippen LogP contribution in [0.15, 0.2) is 64.2 Å². The molecule has 0 aliphatic rings. The Labute approximate surface area is 203 Å². The van der Waals surface area contributed by atoms with Crippen molar-refractivity contribution < 1.29 is 9.84 Å². The lowest BCUT2D eigenvalue weighted by Gasteiger charge is -2.16. The van der Waals surface area contributed by atoms with E-state index < -0.39 is 17.4 Å². The molecule has 0 fully saturated rings. The number of nitrogens with one attached hydrogen (secondary N) is 1. The smallest absolute Gasteiger partial charge is 0.332 e. The van der Waals surface area contributed by atoms with Crippen molar-refractivity contribution in [2.45, 2.75) is 32.4 Å². The number of aliphatic hydroxyl groups is 1. The third-order valence-corrected chi connectivity index (χ3v) is 6.03. The van der Waals surface area contributed by atoms with E-state index in [0.717, 1.165) is 28.5 Å². The minimum Gasteiger partial charge on any atom is -0.491 e. The molecular formula is C26H31N5O4. The molecule has 0 radical (unpaired) electrons. The second-order valence-corrected chi connectivity index (χ2v) is 8.55. The number of anilines is 1. The Kier molecular flexibility index (Phi) is 7.36. The Balaban J connectivity index is 1.59. The van der Waals surface area contributed by atoms with Crippen molar-refractivity contribution in [1.82, 2.24) is 18.7 Å². The molecule has 0 saturated heterocycles. The van der Waals surface area contributed by atoms with Crippen LogP contribution in [0.25, 0.3) is 11.2 Å². The van der Waals surface area contributed by atoms with Crippen LogP contribution in [0.4, 0.5) is 5.95 Å². The molecule has 2 aromatic carbocycles. The van der Waals surface area contributed by atoms with E-state index in [1.807, 2.05) is 54.6 Å².